The van der Waals surface area contributed by atoms with Crippen molar-refractivity contribution in [3.05, 3.63) is 41.6 Å². The van der Waals surface area contributed by atoms with Gasteiger partial charge in [-0.25, -0.2) is 4.98 Å². The molecule has 1 amide bonds. The van der Waals surface area contributed by atoms with Crippen LogP contribution < -0.4 is 20.3 Å². The van der Waals surface area contributed by atoms with E-state index < -0.39 is 0 Å². The summed E-state index contributed by atoms with van der Waals surface area (Å²) in [6, 6.07) is 7.78. The first-order valence-corrected chi connectivity index (χ1v) is 12.1. The predicted octanol–water partition coefficient (Wildman–Crippen LogP) is 3.04. The van der Waals surface area contributed by atoms with Gasteiger partial charge in [-0.05, 0) is 80.9 Å². The van der Waals surface area contributed by atoms with Crippen LogP contribution in [0.1, 0.15) is 48.0 Å². The first-order valence-electron chi connectivity index (χ1n) is 12.1. The quantitative estimate of drug-likeness (QED) is 0.669. The third kappa shape index (κ3) is 4.96. The maximum atomic E-state index is 13.7. The maximum Gasteiger partial charge on any atom is 0.259 e. The molecular weight excluding hydrogens is 418 g/mol. The summed E-state index contributed by atoms with van der Waals surface area (Å²) >= 11 is 0. The van der Waals surface area contributed by atoms with Crippen LogP contribution in [0, 0.1) is 5.92 Å². The monoisotopic (exact) mass is 451 g/mol. The van der Waals surface area contributed by atoms with Gasteiger partial charge in [0.25, 0.3) is 5.91 Å². The molecule has 2 aliphatic heterocycles. The minimum atomic E-state index is -0.0245. The van der Waals surface area contributed by atoms with Crippen molar-refractivity contribution in [2.45, 2.75) is 50.7 Å². The number of carbonyl (C=O) groups is 1. The molecule has 1 aliphatic carbocycles. The van der Waals surface area contributed by atoms with Crippen molar-refractivity contribution in [2.24, 2.45) is 5.92 Å². The molecule has 3 aliphatic rings. The Balaban J connectivity index is 1.41. The van der Waals surface area contributed by atoms with E-state index >= 15 is 0 Å². The third-order valence-corrected chi connectivity index (χ3v) is 7.07. The molecule has 8 heteroatoms. The molecule has 176 valence electrons. The SMILES string of the molecule is CO[C@H]1CCCC1Nc1nccc(N(CC2CCNCC2)C(=O)c2ccc3c(c2)CCO3)n1. The van der Waals surface area contributed by atoms with Crippen molar-refractivity contribution >= 4 is 17.7 Å². The highest BCUT2D eigenvalue weighted by Crippen LogP contribution is 2.29. The van der Waals surface area contributed by atoms with Crippen LogP contribution in [0.15, 0.2) is 30.5 Å². The van der Waals surface area contributed by atoms with Crippen LogP contribution in [0.3, 0.4) is 0 Å². The van der Waals surface area contributed by atoms with E-state index in [4.69, 9.17) is 14.5 Å². The molecule has 5 rings (SSSR count). The van der Waals surface area contributed by atoms with Crippen LogP contribution in [-0.2, 0) is 11.2 Å². The summed E-state index contributed by atoms with van der Waals surface area (Å²) in [5, 5.41) is 6.85. The highest BCUT2D eigenvalue weighted by atomic mass is 16.5. The van der Waals surface area contributed by atoms with Crippen molar-refractivity contribution in [2.75, 3.05) is 43.6 Å². The normalized spacial score (nSPS) is 22.6. The molecule has 2 fully saturated rings. The van der Waals surface area contributed by atoms with E-state index in [-0.39, 0.29) is 18.1 Å². The average molecular weight is 452 g/mol. The van der Waals surface area contributed by atoms with Gasteiger partial charge in [0, 0.05) is 31.8 Å². The van der Waals surface area contributed by atoms with E-state index in [1.54, 1.807) is 13.3 Å². The fourth-order valence-corrected chi connectivity index (χ4v) is 5.19. The number of fused-ring (bicyclic) bond motifs is 1. The molecule has 1 aromatic heterocycles. The highest BCUT2D eigenvalue weighted by Gasteiger charge is 2.29. The lowest BCUT2D eigenvalue weighted by Gasteiger charge is -2.30. The van der Waals surface area contributed by atoms with E-state index in [1.807, 2.05) is 29.2 Å². The Kier molecular flexibility index (Phi) is 6.73. The van der Waals surface area contributed by atoms with Crippen molar-refractivity contribution in [1.29, 1.82) is 0 Å². The van der Waals surface area contributed by atoms with E-state index in [1.165, 1.54) is 0 Å². The van der Waals surface area contributed by atoms with Gasteiger partial charge in [-0.2, -0.15) is 4.98 Å². The topological polar surface area (TPSA) is 88.6 Å². The first kappa shape index (κ1) is 22.1. The molecule has 2 atom stereocenters. The van der Waals surface area contributed by atoms with Crippen LogP contribution >= 0.6 is 0 Å². The lowest BCUT2D eigenvalue weighted by molar-refractivity contribution is 0.0979. The van der Waals surface area contributed by atoms with Crippen LogP contribution in [0.4, 0.5) is 11.8 Å². The molecule has 0 radical (unpaired) electrons. The number of carbonyl (C=O) groups excluding carboxylic acids is 1. The molecule has 3 heterocycles. The van der Waals surface area contributed by atoms with Gasteiger partial charge in [-0.3, -0.25) is 9.69 Å². The predicted molar refractivity (Wildman–Crippen MR) is 127 cm³/mol. The summed E-state index contributed by atoms with van der Waals surface area (Å²) in [6.07, 6.45) is 8.04. The first-order chi connectivity index (χ1) is 16.2. The summed E-state index contributed by atoms with van der Waals surface area (Å²) in [4.78, 5) is 24.8. The van der Waals surface area contributed by atoms with Gasteiger partial charge in [0.1, 0.15) is 11.6 Å². The van der Waals surface area contributed by atoms with Crippen molar-refractivity contribution in [1.82, 2.24) is 15.3 Å². The summed E-state index contributed by atoms with van der Waals surface area (Å²) in [7, 11) is 1.75. The largest absolute Gasteiger partial charge is 0.493 e. The smallest absolute Gasteiger partial charge is 0.259 e. The second kappa shape index (κ2) is 10.1. The minimum absolute atomic E-state index is 0.0245. The number of aromatic nitrogens is 2. The molecule has 33 heavy (non-hydrogen) atoms. The lowest BCUT2D eigenvalue weighted by atomic mass is 9.97. The third-order valence-electron chi connectivity index (χ3n) is 7.07. The zero-order chi connectivity index (χ0) is 22.6. The standard InChI is InChI=1S/C25H33N5O3/c1-32-22-4-2-3-20(22)28-25-27-13-9-23(29-25)30(16-17-7-11-26-12-8-17)24(31)19-5-6-21-18(15-19)10-14-33-21/h5-6,9,13,15,17,20,22,26H,2-4,7-8,10-12,14,16H2,1H3,(H,27,28,29)/t20?,22-/m0/s1. The number of hydrogen-bond acceptors (Lipinski definition) is 7. The van der Waals surface area contributed by atoms with Gasteiger partial charge in [0.2, 0.25) is 5.95 Å². The van der Waals surface area contributed by atoms with Gasteiger partial charge in [-0.15, -0.1) is 0 Å². The number of benzene rings is 1. The number of nitrogens with one attached hydrogen (secondary N) is 2. The molecule has 1 aromatic carbocycles. The molecule has 2 aromatic rings. The van der Waals surface area contributed by atoms with Crippen molar-refractivity contribution < 1.29 is 14.3 Å². The van der Waals surface area contributed by atoms with E-state index in [0.717, 1.165) is 62.9 Å². The van der Waals surface area contributed by atoms with E-state index in [2.05, 4.69) is 15.6 Å². The number of nitrogens with zero attached hydrogens (tertiary/aromatic N) is 3. The van der Waals surface area contributed by atoms with Crippen LogP contribution in [0.25, 0.3) is 0 Å². The second-order valence-corrected chi connectivity index (χ2v) is 9.22. The molecule has 0 spiro atoms. The number of piperidine rings is 1. The summed E-state index contributed by atoms with van der Waals surface area (Å²) in [5.41, 5.74) is 1.77. The second-order valence-electron chi connectivity index (χ2n) is 9.22. The van der Waals surface area contributed by atoms with Crippen LogP contribution in [-0.4, -0.2) is 61.4 Å². The van der Waals surface area contributed by atoms with E-state index in [0.29, 0.717) is 36.4 Å². The summed E-state index contributed by atoms with van der Waals surface area (Å²) in [5.74, 6) is 2.48. The number of anilines is 2. The number of methoxy groups -OCH3 is 1. The Hall–Kier alpha value is -2.71. The molecule has 1 unspecified atom stereocenters. The summed E-state index contributed by atoms with van der Waals surface area (Å²) in [6.45, 7) is 3.30. The van der Waals surface area contributed by atoms with Gasteiger partial charge >= 0.3 is 0 Å². The van der Waals surface area contributed by atoms with Gasteiger partial charge in [0.05, 0.1) is 18.8 Å². The van der Waals surface area contributed by atoms with Crippen LogP contribution in [0.5, 0.6) is 5.75 Å². The Morgan fingerprint density at radius 1 is 1.24 bits per heavy atom. The molecular formula is C25H33N5O3. The maximum absolute atomic E-state index is 13.7. The minimum Gasteiger partial charge on any atom is -0.493 e. The van der Waals surface area contributed by atoms with E-state index in [9.17, 15) is 4.79 Å². The Morgan fingerprint density at radius 3 is 2.97 bits per heavy atom. The van der Waals surface area contributed by atoms with Gasteiger partial charge in [0.15, 0.2) is 0 Å². The number of hydrogen-bond donors (Lipinski definition) is 2. The lowest BCUT2D eigenvalue weighted by Crippen LogP contribution is -2.40. The van der Waals surface area contributed by atoms with Gasteiger partial charge in [-0.1, -0.05) is 0 Å². The zero-order valence-electron chi connectivity index (χ0n) is 19.3. The number of amides is 1. The Labute approximate surface area is 195 Å². The molecule has 2 N–H and O–H groups in total. The molecule has 8 nitrogen and oxygen atoms in total. The van der Waals surface area contributed by atoms with Crippen molar-refractivity contribution in [3.8, 4) is 5.75 Å². The molecule has 1 saturated heterocycles. The average Bonchev–Trinajstić information content (AvgIpc) is 3.51. The number of ether oxygens (including phenoxy) is 2. The van der Waals surface area contributed by atoms with Gasteiger partial charge < -0.3 is 20.1 Å². The zero-order valence-corrected chi connectivity index (χ0v) is 19.3. The van der Waals surface area contributed by atoms with Crippen LogP contribution in [0.2, 0.25) is 0 Å². The Bertz CT molecular complexity index is 978. The molecule has 1 saturated carbocycles. The Morgan fingerprint density at radius 2 is 2.12 bits per heavy atom. The summed E-state index contributed by atoms with van der Waals surface area (Å²) < 4.78 is 11.2. The van der Waals surface area contributed by atoms with Crippen molar-refractivity contribution in [3.63, 3.8) is 0 Å². The fourth-order valence-electron chi connectivity index (χ4n) is 5.19. The highest BCUT2D eigenvalue weighted by molar-refractivity contribution is 6.05. The fraction of sp³-hybridized carbons (Fsp3) is 0.560. The molecule has 0 bridgehead atoms. The number of rotatable bonds is 7.